The minimum Gasteiger partial charge on any atom is -0.475 e. The molecule has 20 heavy (non-hydrogen) atoms. The Morgan fingerprint density at radius 2 is 2.10 bits per heavy atom. The number of benzene rings is 1. The molecule has 0 aliphatic heterocycles. The highest BCUT2D eigenvalue weighted by Crippen LogP contribution is 2.51. The van der Waals surface area contributed by atoms with E-state index < -0.39 is 0 Å². The summed E-state index contributed by atoms with van der Waals surface area (Å²) in [5, 5.41) is 8.63. The summed E-state index contributed by atoms with van der Waals surface area (Å²) < 4.78 is 10.2. The summed E-state index contributed by atoms with van der Waals surface area (Å²) >= 11 is 0. The van der Waals surface area contributed by atoms with Gasteiger partial charge in [-0.25, -0.2) is 0 Å². The van der Waals surface area contributed by atoms with Crippen LogP contribution in [0.3, 0.4) is 0 Å². The first-order valence-corrected chi connectivity index (χ1v) is 6.68. The van der Waals surface area contributed by atoms with Crippen LogP contribution in [0.5, 0.6) is 0 Å². The van der Waals surface area contributed by atoms with Crippen molar-refractivity contribution in [2.45, 2.75) is 26.9 Å². The molecule has 0 radical (unpaired) electrons. The van der Waals surface area contributed by atoms with E-state index in [1.54, 1.807) is 6.26 Å². The predicted molar refractivity (Wildman–Crippen MR) is 74.4 cm³/mol. The van der Waals surface area contributed by atoms with Gasteiger partial charge in [0.1, 0.15) is 6.61 Å². The van der Waals surface area contributed by atoms with Crippen molar-refractivity contribution in [3.63, 3.8) is 0 Å². The summed E-state index contributed by atoms with van der Waals surface area (Å²) in [6.07, 6.45) is 2.17. The van der Waals surface area contributed by atoms with Gasteiger partial charge in [-0.3, -0.25) is 4.79 Å². The Morgan fingerprint density at radius 1 is 1.40 bits per heavy atom. The minimum absolute atomic E-state index is 0.153. The van der Waals surface area contributed by atoms with Gasteiger partial charge in [-0.1, -0.05) is 44.2 Å². The molecular formula is C16H20O4. The molecule has 1 aliphatic carbocycles. The molecule has 1 atom stereocenters. The molecule has 1 saturated carbocycles. The molecule has 0 aromatic heterocycles. The van der Waals surface area contributed by atoms with Crippen LogP contribution in [-0.2, 0) is 20.9 Å². The lowest BCUT2D eigenvalue weighted by atomic mass is 9.59. The van der Waals surface area contributed by atoms with E-state index in [2.05, 4.69) is 0 Å². The highest BCUT2D eigenvalue weighted by molar-refractivity contribution is 5.76. The largest absolute Gasteiger partial charge is 0.475 e. The van der Waals surface area contributed by atoms with E-state index in [4.69, 9.17) is 14.6 Å². The van der Waals surface area contributed by atoms with Gasteiger partial charge in [0, 0.05) is 5.41 Å². The molecule has 2 rings (SSSR count). The Balaban J connectivity index is 1.89. The second-order valence-electron chi connectivity index (χ2n) is 5.51. The summed E-state index contributed by atoms with van der Waals surface area (Å²) in [5.41, 5.74) is 1.73. The van der Waals surface area contributed by atoms with Gasteiger partial charge in [0.2, 0.25) is 0 Å². The molecule has 0 unspecified atom stereocenters. The van der Waals surface area contributed by atoms with Gasteiger partial charge in [0.05, 0.1) is 12.2 Å². The minimum atomic E-state index is -0.345. The van der Waals surface area contributed by atoms with Crippen molar-refractivity contribution in [1.29, 1.82) is 0 Å². The van der Waals surface area contributed by atoms with Crippen LogP contribution in [0.4, 0.5) is 0 Å². The topological polar surface area (TPSA) is 55.8 Å². The van der Waals surface area contributed by atoms with Crippen molar-refractivity contribution in [3.05, 3.63) is 47.7 Å². The molecule has 0 saturated heterocycles. The number of esters is 1. The standard InChI is InChI=1S/C16H20O4/c1-16(2)13(10-19-11-17)8-14(16)15(18)20-9-12-6-4-3-5-7-12/h3-7,10,14,17H,8-9,11H2,1-2H3/b13-10-/t14-/m0/s1. The Bertz CT molecular complexity index is 490. The van der Waals surface area contributed by atoms with Crippen LogP contribution in [0.2, 0.25) is 0 Å². The van der Waals surface area contributed by atoms with Gasteiger partial charge < -0.3 is 14.6 Å². The van der Waals surface area contributed by atoms with Gasteiger partial charge in [0.25, 0.3) is 0 Å². The zero-order chi connectivity index (χ0) is 14.6. The summed E-state index contributed by atoms with van der Waals surface area (Å²) in [7, 11) is 0. The van der Waals surface area contributed by atoms with Crippen LogP contribution >= 0.6 is 0 Å². The Hall–Kier alpha value is -1.81. The highest BCUT2D eigenvalue weighted by atomic mass is 16.6. The van der Waals surface area contributed by atoms with Gasteiger partial charge in [-0.05, 0) is 17.6 Å². The number of aliphatic hydroxyl groups is 1. The van der Waals surface area contributed by atoms with E-state index in [-0.39, 0.29) is 24.1 Å². The molecule has 0 amide bonds. The number of carbonyl (C=O) groups is 1. The van der Waals surface area contributed by atoms with Gasteiger partial charge in [-0.2, -0.15) is 0 Å². The molecule has 1 fully saturated rings. The van der Waals surface area contributed by atoms with Crippen molar-refractivity contribution < 1.29 is 19.4 Å². The lowest BCUT2D eigenvalue weighted by molar-refractivity contribution is -0.156. The first kappa shape index (κ1) is 14.6. The van der Waals surface area contributed by atoms with Crippen LogP contribution in [0.25, 0.3) is 0 Å². The molecule has 0 spiro atoms. The second-order valence-corrected chi connectivity index (χ2v) is 5.51. The quantitative estimate of drug-likeness (QED) is 0.510. The van der Waals surface area contributed by atoms with E-state index in [1.165, 1.54) is 0 Å². The number of hydrogen-bond donors (Lipinski definition) is 1. The van der Waals surface area contributed by atoms with Crippen LogP contribution in [0.15, 0.2) is 42.2 Å². The summed E-state index contributed by atoms with van der Waals surface area (Å²) in [6, 6.07) is 9.63. The molecule has 108 valence electrons. The van der Waals surface area contributed by atoms with E-state index in [9.17, 15) is 4.79 Å². The third-order valence-electron chi connectivity index (χ3n) is 3.93. The smallest absolute Gasteiger partial charge is 0.310 e. The number of allylic oxidation sites excluding steroid dienone is 1. The van der Waals surface area contributed by atoms with Crippen LogP contribution in [-0.4, -0.2) is 17.9 Å². The van der Waals surface area contributed by atoms with Crippen LogP contribution < -0.4 is 0 Å². The maximum Gasteiger partial charge on any atom is 0.310 e. The fourth-order valence-corrected chi connectivity index (χ4v) is 2.38. The lowest BCUT2D eigenvalue weighted by Crippen LogP contribution is -2.43. The average molecular weight is 276 g/mol. The van der Waals surface area contributed by atoms with Crippen molar-refractivity contribution in [2.24, 2.45) is 11.3 Å². The van der Waals surface area contributed by atoms with E-state index >= 15 is 0 Å². The first-order valence-electron chi connectivity index (χ1n) is 6.68. The number of hydrogen-bond acceptors (Lipinski definition) is 4. The SMILES string of the molecule is CC1(C)/C(=C\OCO)C[C@H]1C(=O)OCc1ccccc1. The molecule has 4 heteroatoms. The molecule has 1 aromatic carbocycles. The summed E-state index contributed by atoms with van der Waals surface area (Å²) in [5.74, 6) is -0.334. The van der Waals surface area contributed by atoms with Gasteiger partial charge in [0.15, 0.2) is 6.79 Å². The fraction of sp³-hybridized carbons (Fsp3) is 0.438. The number of aliphatic hydroxyl groups excluding tert-OH is 1. The third-order valence-corrected chi connectivity index (χ3v) is 3.93. The zero-order valence-corrected chi connectivity index (χ0v) is 11.8. The molecule has 1 aliphatic rings. The molecule has 0 heterocycles. The summed E-state index contributed by atoms with van der Waals surface area (Å²) in [6.45, 7) is 3.93. The van der Waals surface area contributed by atoms with Crippen molar-refractivity contribution in [2.75, 3.05) is 6.79 Å². The zero-order valence-electron chi connectivity index (χ0n) is 11.8. The van der Waals surface area contributed by atoms with E-state index in [1.807, 2.05) is 44.2 Å². The molecule has 1 aromatic rings. The Labute approximate surface area is 119 Å². The van der Waals surface area contributed by atoms with Crippen LogP contribution in [0, 0.1) is 11.3 Å². The Morgan fingerprint density at radius 3 is 2.70 bits per heavy atom. The first-order chi connectivity index (χ1) is 9.55. The maximum atomic E-state index is 12.1. The molecule has 0 bridgehead atoms. The van der Waals surface area contributed by atoms with Crippen molar-refractivity contribution in [1.82, 2.24) is 0 Å². The second kappa shape index (κ2) is 6.09. The molecule has 4 nitrogen and oxygen atoms in total. The van der Waals surface area contributed by atoms with Crippen LogP contribution in [0.1, 0.15) is 25.8 Å². The van der Waals surface area contributed by atoms with Crippen molar-refractivity contribution >= 4 is 5.97 Å². The average Bonchev–Trinajstić information content (AvgIpc) is 2.45. The highest BCUT2D eigenvalue weighted by Gasteiger charge is 2.49. The molecule has 1 N–H and O–H groups in total. The fourth-order valence-electron chi connectivity index (χ4n) is 2.38. The van der Waals surface area contributed by atoms with E-state index in [0.29, 0.717) is 13.0 Å². The molecular weight excluding hydrogens is 256 g/mol. The van der Waals surface area contributed by atoms with Gasteiger partial charge in [-0.15, -0.1) is 0 Å². The summed E-state index contributed by atoms with van der Waals surface area (Å²) in [4.78, 5) is 12.1. The number of carbonyl (C=O) groups excluding carboxylic acids is 1. The third kappa shape index (κ3) is 3.02. The maximum absolute atomic E-state index is 12.1. The number of rotatable bonds is 5. The Kier molecular flexibility index (Phi) is 4.45. The number of ether oxygens (including phenoxy) is 2. The normalized spacial score (nSPS) is 22.1. The van der Waals surface area contributed by atoms with E-state index in [0.717, 1.165) is 11.1 Å². The van der Waals surface area contributed by atoms with Gasteiger partial charge >= 0.3 is 5.97 Å². The monoisotopic (exact) mass is 276 g/mol. The predicted octanol–water partition coefficient (Wildman–Crippen LogP) is 2.63. The lowest BCUT2D eigenvalue weighted by Gasteiger charge is -2.45. The van der Waals surface area contributed by atoms with Crippen molar-refractivity contribution in [3.8, 4) is 0 Å².